The smallest absolute Gasteiger partial charge is 0.417 e. The summed E-state index contributed by atoms with van der Waals surface area (Å²) >= 11 is 0. The molecule has 0 saturated carbocycles. The van der Waals surface area contributed by atoms with Crippen LogP contribution < -0.4 is 0 Å². The zero-order valence-corrected chi connectivity index (χ0v) is 8.09. The van der Waals surface area contributed by atoms with Crippen LogP contribution in [-0.4, -0.2) is 21.0 Å². The van der Waals surface area contributed by atoms with Crippen molar-refractivity contribution in [1.29, 1.82) is 0 Å². The van der Waals surface area contributed by atoms with E-state index in [4.69, 9.17) is 0 Å². The number of rotatable bonds is 5. The lowest BCUT2D eigenvalue weighted by molar-refractivity contribution is 0.0502. The van der Waals surface area contributed by atoms with Gasteiger partial charge in [-0.05, 0) is 0 Å². The fraction of sp³-hybridized carbons (Fsp3) is 0.667. The molecule has 0 aromatic carbocycles. The second-order valence-electron chi connectivity index (χ2n) is 1.56. The van der Waals surface area contributed by atoms with Gasteiger partial charge in [-0.15, -0.1) is 0 Å². The van der Waals surface area contributed by atoms with Crippen molar-refractivity contribution >= 4 is 7.82 Å². The quantitative estimate of drug-likeness (QED) is 0.286. The standard InChI is InChI=1S/C6H11O5P/c1-4-5-10-6-11-12(7,8-2)9-3/h6H2,1-3H3. The van der Waals surface area contributed by atoms with E-state index in [1.54, 1.807) is 6.92 Å². The first-order chi connectivity index (χ1) is 5.68. The van der Waals surface area contributed by atoms with E-state index < -0.39 is 7.82 Å². The Morgan fingerprint density at radius 3 is 2.33 bits per heavy atom. The highest BCUT2D eigenvalue weighted by molar-refractivity contribution is 7.48. The number of hydrogen-bond acceptors (Lipinski definition) is 5. The van der Waals surface area contributed by atoms with E-state index in [0.29, 0.717) is 0 Å². The van der Waals surface area contributed by atoms with Crippen molar-refractivity contribution in [1.82, 2.24) is 0 Å². The number of phosphoric acid groups is 1. The summed E-state index contributed by atoms with van der Waals surface area (Å²) in [6.45, 7) is 1.35. The summed E-state index contributed by atoms with van der Waals surface area (Å²) in [6.07, 6.45) is 2.26. The van der Waals surface area contributed by atoms with E-state index in [0.717, 1.165) is 0 Å². The molecule has 0 radical (unpaired) electrons. The van der Waals surface area contributed by atoms with Crippen molar-refractivity contribution in [3.8, 4) is 12.0 Å². The SMILES string of the molecule is CC#COCOP(=O)(OC)OC. The molecule has 0 atom stereocenters. The summed E-state index contributed by atoms with van der Waals surface area (Å²) < 4.78 is 29.2. The van der Waals surface area contributed by atoms with E-state index in [-0.39, 0.29) is 6.79 Å². The highest BCUT2D eigenvalue weighted by Gasteiger charge is 2.22. The van der Waals surface area contributed by atoms with Crippen molar-refractivity contribution < 1.29 is 22.9 Å². The van der Waals surface area contributed by atoms with Crippen LogP contribution in [0.5, 0.6) is 0 Å². The van der Waals surface area contributed by atoms with Gasteiger partial charge in [-0.1, -0.05) is 5.92 Å². The van der Waals surface area contributed by atoms with Crippen molar-refractivity contribution in [2.24, 2.45) is 0 Å². The van der Waals surface area contributed by atoms with Crippen LogP contribution in [0.2, 0.25) is 0 Å². The lowest BCUT2D eigenvalue weighted by atomic mass is 10.8. The van der Waals surface area contributed by atoms with Crippen LogP contribution in [0.1, 0.15) is 6.92 Å². The zero-order chi connectivity index (χ0) is 9.45. The number of phosphoric ester groups is 1. The van der Waals surface area contributed by atoms with Crippen LogP contribution in [0.15, 0.2) is 0 Å². The molecule has 12 heavy (non-hydrogen) atoms. The molecule has 5 nitrogen and oxygen atoms in total. The summed E-state index contributed by atoms with van der Waals surface area (Å²) in [5.41, 5.74) is 0. The Morgan fingerprint density at radius 1 is 1.33 bits per heavy atom. The Hall–Kier alpha value is -0.530. The maximum Gasteiger partial charge on any atom is 0.477 e. The van der Waals surface area contributed by atoms with Gasteiger partial charge < -0.3 is 4.74 Å². The summed E-state index contributed by atoms with van der Waals surface area (Å²) in [5, 5.41) is 0. The van der Waals surface area contributed by atoms with Crippen LogP contribution in [-0.2, 0) is 22.9 Å². The van der Waals surface area contributed by atoms with Crippen LogP contribution in [0.3, 0.4) is 0 Å². The van der Waals surface area contributed by atoms with Gasteiger partial charge in [0.25, 0.3) is 0 Å². The summed E-state index contributed by atoms with van der Waals surface area (Å²) in [5.74, 6) is 2.47. The van der Waals surface area contributed by atoms with Gasteiger partial charge in [-0.3, -0.25) is 9.05 Å². The molecule has 0 fully saturated rings. The molecule has 0 unspecified atom stereocenters. The third kappa shape index (κ3) is 4.37. The highest BCUT2D eigenvalue weighted by Crippen LogP contribution is 2.47. The van der Waals surface area contributed by atoms with Crippen LogP contribution >= 0.6 is 7.82 Å². The molecule has 0 amide bonds. The summed E-state index contributed by atoms with van der Waals surface area (Å²) in [4.78, 5) is 0. The Balaban J connectivity index is 3.71. The topological polar surface area (TPSA) is 54.0 Å². The molecular weight excluding hydrogens is 183 g/mol. The van der Waals surface area contributed by atoms with Crippen molar-refractivity contribution in [2.45, 2.75) is 6.92 Å². The fourth-order valence-corrected chi connectivity index (χ4v) is 0.914. The molecule has 0 heterocycles. The molecule has 0 aliphatic rings. The Labute approximate surface area is 71.6 Å². The summed E-state index contributed by atoms with van der Waals surface area (Å²) in [7, 11) is -0.978. The second kappa shape index (κ2) is 6.04. The van der Waals surface area contributed by atoms with Gasteiger partial charge in [0.2, 0.25) is 6.79 Å². The first-order valence-corrected chi connectivity index (χ1v) is 4.54. The molecule has 0 N–H and O–H groups in total. The van der Waals surface area contributed by atoms with Crippen LogP contribution in [0.25, 0.3) is 0 Å². The maximum absolute atomic E-state index is 11.1. The molecule has 0 rings (SSSR count). The molecule has 0 aliphatic carbocycles. The van der Waals surface area contributed by atoms with Crippen LogP contribution in [0.4, 0.5) is 0 Å². The predicted molar refractivity (Wildman–Crippen MR) is 42.1 cm³/mol. The number of hydrogen-bond donors (Lipinski definition) is 0. The summed E-state index contributed by atoms with van der Waals surface area (Å²) in [6, 6.07) is 0. The van der Waals surface area contributed by atoms with E-state index in [2.05, 4.69) is 30.3 Å². The van der Waals surface area contributed by atoms with Gasteiger partial charge in [-0.25, -0.2) is 9.09 Å². The first kappa shape index (κ1) is 11.5. The van der Waals surface area contributed by atoms with Gasteiger partial charge in [0.1, 0.15) is 6.11 Å². The molecule has 0 aromatic heterocycles. The van der Waals surface area contributed by atoms with Crippen molar-refractivity contribution in [3.05, 3.63) is 0 Å². The average molecular weight is 194 g/mol. The largest absolute Gasteiger partial charge is 0.477 e. The Bertz CT molecular complexity index is 208. The zero-order valence-electron chi connectivity index (χ0n) is 7.20. The lowest BCUT2D eigenvalue weighted by Crippen LogP contribution is -1.97. The Kier molecular flexibility index (Phi) is 5.77. The van der Waals surface area contributed by atoms with Gasteiger partial charge in [0.15, 0.2) is 0 Å². The maximum atomic E-state index is 11.1. The minimum atomic E-state index is -3.41. The van der Waals surface area contributed by atoms with E-state index >= 15 is 0 Å². The second-order valence-corrected chi connectivity index (χ2v) is 3.44. The van der Waals surface area contributed by atoms with Gasteiger partial charge >= 0.3 is 7.82 Å². The predicted octanol–water partition coefficient (Wildman–Crippen LogP) is 1.36. The number of ether oxygens (including phenoxy) is 1. The van der Waals surface area contributed by atoms with Gasteiger partial charge in [-0.2, -0.15) is 0 Å². The molecule has 0 aliphatic heterocycles. The monoisotopic (exact) mass is 194 g/mol. The van der Waals surface area contributed by atoms with E-state index in [1.165, 1.54) is 14.2 Å². The van der Waals surface area contributed by atoms with Gasteiger partial charge in [0, 0.05) is 21.1 Å². The van der Waals surface area contributed by atoms with Gasteiger partial charge in [0.05, 0.1) is 0 Å². The van der Waals surface area contributed by atoms with Crippen LogP contribution in [0, 0.1) is 12.0 Å². The van der Waals surface area contributed by atoms with E-state index in [1.807, 2.05) is 0 Å². The molecule has 0 bridgehead atoms. The molecule has 0 saturated heterocycles. The normalized spacial score (nSPS) is 10.2. The molecule has 6 heteroatoms. The minimum Gasteiger partial charge on any atom is -0.417 e. The Morgan fingerprint density at radius 2 is 1.92 bits per heavy atom. The molecule has 70 valence electrons. The minimum absolute atomic E-state index is 0.250. The first-order valence-electron chi connectivity index (χ1n) is 3.08. The highest BCUT2D eigenvalue weighted by atomic mass is 31.2. The molecule has 0 spiro atoms. The van der Waals surface area contributed by atoms with E-state index in [9.17, 15) is 4.57 Å². The third-order valence-corrected chi connectivity index (χ3v) is 2.21. The third-order valence-electron chi connectivity index (χ3n) is 0.891. The van der Waals surface area contributed by atoms with Crippen molar-refractivity contribution in [2.75, 3.05) is 21.0 Å². The van der Waals surface area contributed by atoms with Crippen molar-refractivity contribution in [3.63, 3.8) is 0 Å². The average Bonchev–Trinajstić information content (AvgIpc) is 2.12. The molecule has 0 aromatic rings. The molecular formula is C6H11O5P. The fourth-order valence-electron chi connectivity index (χ4n) is 0.372. The lowest BCUT2D eigenvalue weighted by Gasteiger charge is -2.11.